The molecule has 2 heterocycles. The fourth-order valence-corrected chi connectivity index (χ4v) is 4.56. The molecule has 1 atom stereocenters. The lowest BCUT2D eigenvalue weighted by molar-refractivity contribution is -0.121. The number of hydrogen-bond donors (Lipinski definition) is 1. The van der Waals surface area contributed by atoms with Crippen molar-refractivity contribution in [2.75, 3.05) is 32.7 Å². The number of benzene rings is 1. The number of nitrogens with zero attached hydrogens (tertiary/aromatic N) is 1. The summed E-state index contributed by atoms with van der Waals surface area (Å²) in [4.78, 5) is 15.3. The molecule has 2 saturated heterocycles. The largest absolute Gasteiger partial charge is 0.316 e. The highest BCUT2D eigenvalue weighted by Crippen LogP contribution is 2.35. The van der Waals surface area contributed by atoms with E-state index in [2.05, 4.69) is 10.2 Å². The van der Waals surface area contributed by atoms with Crippen molar-refractivity contribution in [3.8, 4) is 0 Å². The van der Waals surface area contributed by atoms with Crippen LogP contribution >= 0.6 is 35.6 Å². The highest BCUT2D eigenvalue weighted by molar-refractivity contribution is 6.42. The van der Waals surface area contributed by atoms with Crippen LogP contribution in [0.2, 0.25) is 10.0 Å². The Bertz CT molecular complexity index is 597. The van der Waals surface area contributed by atoms with Gasteiger partial charge in [0.15, 0.2) is 0 Å². The molecule has 0 saturated carbocycles. The van der Waals surface area contributed by atoms with Gasteiger partial charge in [-0.05, 0) is 81.4 Å². The molecule has 0 bridgehead atoms. The standard InChI is InChI=1S/C20H28Cl2N2O.ClH/c21-18-5-4-16(13-19(18)22)12-17(25)14-20(6-3-8-23-15-20)7-11-24-9-1-2-10-24;/h4-5,13,23H,1-3,6-12,14-15H2;1H. The fraction of sp³-hybridized carbons (Fsp3) is 0.650. The second-order valence-corrected chi connectivity index (χ2v) is 8.53. The summed E-state index contributed by atoms with van der Waals surface area (Å²) in [6.07, 6.45) is 7.19. The van der Waals surface area contributed by atoms with Gasteiger partial charge in [0, 0.05) is 19.4 Å². The third-order valence-corrected chi connectivity index (χ3v) is 6.41. The lowest BCUT2D eigenvalue weighted by atomic mass is 9.73. The molecule has 2 aliphatic heterocycles. The quantitative estimate of drug-likeness (QED) is 0.690. The Kier molecular flexibility index (Phi) is 8.69. The number of hydrogen-bond acceptors (Lipinski definition) is 3. The van der Waals surface area contributed by atoms with Crippen LogP contribution in [0.25, 0.3) is 0 Å². The zero-order chi connectivity index (χ0) is 17.7. The van der Waals surface area contributed by atoms with Crippen LogP contribution in [0, 0.1) is 5.41 Å². The predicted molar refractivity (Wildman–Crippen MR) is 112 cm³/mol. The second-order valence-electron chi connectivity index (χ2n) is 7.72. The lowest BCUT2D eigenvalue weighted by Gasteiger charge is -2.38. The summed E-state index contributed by atoms with van der Waals surface area (Å²) in [6, 6.07) is 5.50. The van der Waals surface area contributed by atoms with Crippen molar-refractivity contribution in [1.82, 2.24) is 10.2 Å². The first kappa shape index (κ1) is 22.0. The van der Waals surface area contributed by atoms with Gasteiger partial charge in [-0.25, -0.2) is 0 Å². The predicted octanol–water partition coefficient (Wildman–Crippen LogP) is 4.77. The number of carbonyl (C=O) groups is 1. The van der Waals surface area contributed by atoms with Crippen molar-refractivity contribution in [3.63, 3.8) is 0 Å². The van der Waals surface area contributed by atoms with E-state index in [1.54, 1.807) is 6.07 Å². The summed E-state index contributed by atoms with van der Waals surface area (Å²) >= 11 is 12.0. The molecule has 146 valence electrons. The van der Waals surface area contributed by atoms with Gasteiger partial charge in [-0.3, -0.25) is 4.79 Å². The number of ketones is 1. The first-order valence-electron chi connectivity index (χ1n) is 9.45. The molecular formula is C20H29Cl3N2O. The zero-order valence-electron chi connectivity index (χ0n) is 15.2. The highest BCUT2D eigenvalue weighted by atomic mass is 35.5. The second kappa shape index (κ2) is 10.3. The van der Waals surface area contributed by atoms with E-state index in [1.165, 1.54) is 32.4 Å². The van der Waals surface area contributed by atoms with Crippen molar-refractivity contribution in [1.29, 1.82) is 0 Å². The van der Waals surface area contributed by atoms with Crippen LogP contribution in [0.1, 0.15) is 44.1 Å². The minimum atomic E-state index is 0. The van der Waals surface area contributed by atoms with E-state index in [0.717, 1.165) is 38.0 Å². The van der Waals surface area contributed by atoms with Crippen LogP contribution in [-0.4, -0.2) is 43.4 Å². The SMILES string of the molecule is Cl.O=C(Cc1ccc(Cl)c(Cl)c1)CC1(CCN2CCCC2)CCCNC1. The summed E-state index contributed by atoms with van der Waals surface area (Å²) in [5, 5.41) is 4.59. The van der Waals surface area contributed by atoms with Crippen LogP contribution in [0.5, 0.6) is 0 Å². The third-order valence-electron chi connectivity index (χ3n) is 5.68. The molecule has 0 aliphatic carbocycles. The van der Waals surface area contributed by atoms with Gasteiger partial charge >= 0.3 is 0 Å². The number of carbonyl (C=O) groups excluding carboxylic acids is 1. The molecule has 0 aromatic heterocycles. The lowest BCUT2D eigenvalue weighted by Crippen LogP contribution is -2.43. The number of nitrogens with one attached hydrogen (secondary N) is 1. The van der Waals surface area contributed by atoms with Crippen LogP contribution < -0.4 is 5.32 Å². The molecule has 3 rings (SSSR count). The minimum Gasteiger partial charge on any atom is -0.316 e. The highest BCUT2D eigenvalue weighted by Gasteiger charge is 2.34. The van der Waals surface area contributed by atoms with Crippen molar-refractivity contribution >= 4 is 41.4 Å². The maximum atomic E-state index is 12.8. The Labute approximate surface area is 173 Å². The number of Topliss-reactive ketones (excluding diaryl/α,β-unsaturated/α-hetero) is 1. The Morgan fingerprint density at radius 3 is 2.58 bits per heavy atom. The molecule has 6 heteroatoms. The topological polar surface area (TPSA) is 32.3 Å². The van der Waals surface area contributed by atoms with E-state index in [-0.39, 0.29) is 17.8 Å². The van der Waals surface area contributed by atoms with Crippen LogP contribution in [0.4, 0.5) is 0 Å². The normalized spacial score (nSPS) is 23.6. The average Bonchev–Trinajstić information content (AvgIpc) is 3.11. The summed E-state index contributed by atoms with van der Waals surface area (Å²) in [7, 11) is 0. The van der Waals surface area contributed by atoms with Crippen molar-refractivity contribution < 1.29 is 4.79 Å². The first-order chi connectivity index (χ1) is 12.1. The Morgan fingerprint density at radius 1 is 1.15 bits per heavy atom. The fourth-order valence-electron chi connectivity index (χ4n) is 4.24. The molecule has 3 nitrogen and oxygen atoms in total. The van der Waals surface area contributed by atoms with E-state index in [4.69, 9.17) is 23.2 Å². The van der Waals surface area contributed by atoms with Crippen molar-refractivity contribution in [2.45, 2.75) is 44.9 Å². The molecular weight excluding hydrogens is 391 g/mol. The molecule has 1 aromatic rings. The summed E-state index contributed by atoms with van der Waals surface area (Å²) < 4.78 is 0. The Balaban J connectivity index is 0.00000243. The van der Waals surface area contributed by atoms with E-state index >= 15 is 0 Å². The number of rotatable bonds is 7. The molecule has 0 spiro atoms. The Morgan fingerprint density at radius 2 is 1.92 bits per heavy atom. The smallest absolute Gasteiger partial charge is 0.137 e. The molecule has 1 unspecified atom stereocenters. The Hall–Kier alpha value is -0.320. The molecule has 0 radical (unpaired) electrons. The maximum Gasteiger partial charge on any atom is 0.137 e. The van der Waals surface area contributed by atoms with E-state index in [0.29, 0.717) is 28.7 Å². The van der Waals surface area contributed by atoms with Crippen molar-refractivity contribution in [2.24, 2.45) is 5.41 Å². The van der Waals surface area contributed by atoms with E-state index in [1.807, 2.05) is 12.1 Å². The third kappa shape index (κ3) is 6.10. The van der Waals surface area contributed by atoms with E-state index in [9.17, 15) is 4.79 Å². The summed E-state index contributed by atoms with van der Waals surface area (Å²) in [5.74, 6) is 0.309. The van der Waals surface area contributed by atoms with Gasteiger partial charge in [-0.15, -0.1) is 12.4 Å². The number of likely N-dealkylation sites (tertiary alicyclic amines) is 1. The van der Waals surface area contributed by atoms with Gasteiger partial charge < -0.3 is 10.2 Å². The van der Waals surface area contributed by atoms with Gasteiger partial charge in [0.25, 0.3) is 0 Å². The van der Waals surface area contributed by atoms with E-state index < -0.39 is 0 Å². The van der Waals surface area contributed by atoms with Gasteiger partial charge in [-0.1, -0.05) is 29.3 Å². The molecule has 1 aromatic carbocycles. The summed E-state index contributed by atoms with van der Waals surface area (Å²) in [6.45, 7) is 5.61. The van der Waals surface area contributed by atoms with Crippen LogP contribution in [0.15, 0.2) is 18.2 Å². The van der Waals surface area contributed by atoms with Crippen molar-refractivity contribution in [3.05, 3.63) is 33.8 Å². The minimum absolute atomic E-state index is 0. The molecule has 0 amide bonds. The van der Waals surface area contributed by atoms with Gasteiger partial charge in [0.2, 0.25) is 0 Å². The number of piperidine rings is 1. The molecule has 2 aliphatic rings. The molecule has 1 N–H and O–H groups in total. The molecule has 26 heavy (non-hydrogen) atoms. The van der Waals surface area contributed by atoms with Gasteiger partial charge in [0.05, 0.1) is 10.0 Å². The van der Waals surface area contributed by atoms with Gasteiger partial charge in [-0.2, -0.15) is 0 Å². The van der Waals surface area contributed by atoms with Crippen LogP contribution in [0.3, 0.4) is 0 Å². The monoisotopic (exact) mass is 418 g/mol. The molecule has 2 fully saturated rings. The zero-order valence-corrected chi connectivity index (χ0v) is 17.6. The number of halogens is 3. The first-order valence-corrected chi connectivity index (χ1v) is 10.2. The average molecular weight is 420 g/mol. The van der Waals surface area contributed by atoms with Crippen LogP contribution in [-0.2, 0) is 11.2 Å². The van der Waals surface area contributed by atoms with Gasteiger partial charge in [0.1, 0.15) is 5.78 Å². The summed E-state index contributed by atoms with van der Waals surface area (Å²) in [5.41, 5.74) is 1.08. The maximum absolute atomic E-state index is 12.8.